The maximum absolute atomic E-state index is 11.8. The highest BCUT2D eigenvalue weighted by Gasteiger charge is 2.17. The fourth-order valence-corrected chi connectivity index (χ4v) is 1.89. The average Bonchev–Trinajstić information content (AvgIpc) is 2.68. The second-order valence-corrected chi connectivity index (χ2v) is 6.11. The number of ether oxygens (including phenoxy) is 1. The fourth-order valence-electron chi connectivity index (χ4n) is 1.89. The molecule has 0 spiro atoms. The van der Waals surface area contributed by atoms with Crippen LogP contribution in [0.5, 0.6) is 0 Å². The van der Waals surface area contributed by atoms with Crippen LogP contribution in [0.1, 0.15) is 27.6 Å². The first-order chi connectivity index (χ1) is 12.8. The van der Waals surface area contributed by atoms with E-state index in [1.54, 1.807) is 55.5 Å². The van der Waals surface area contributed by atoms with Crippen LogP contribution in [0.15, 0.2) is 72.8 Å². The van der Waals surface area contributed by atoms with Gasteiger partial charge in [-0.3, -0.25) is 9.59 Å². The van der Waals surface area contributed by atoms with Crippen molar-refractivity contribution in [1.82, 2.24) is 4.90 Å². The molecule has 0 N–H and O–H groups in total. The Morgan fingerprint density at radius 2 is 1.26 bits per heavy atom. The van der Waals surface area contributed by atoms with Crippen LogP contribution in [0.4, 0.5) is 0 Å². The number of carbonyl (C=O) groups is 3. The summed E-state index contributed by atoms with van der Waals surface area (Å²) in [7, 11) is 3.85. The van der Waals surface area contributed by atoms with Crippen molar-refractivity contribution in [3.8, 4) is 0 Å². The summed E-state index contributed by atoms with van der Waals surface area (Å²) in [6.07, 6.45) is 0. The number of rotatable bonds is 7. The molecule has 142 valence electrons. The van der Waals surface area contributed by atoms with Crippen molar-refractivity contribution in [3.05, 3.63) is 83.9 Å². The Bertz CT molecular complexity index is 718. The van der Waals surface area contributed by atoms with Crippen molar-refractivity contribution in [2.24, 2.45) is 0 Å². The third kappa shape index (κ3) is 8.25. The van der Waals surface area contributed by atoms with E-state index < -0.39 is 11.6 Å². The lowest BCUT2D eigenvalue weighted by Crippen LogP contribution is -2.20. The van der Waals surface area contributed by atoms with Gasteiger partial charge in [-0.15, -0.1) is 0 Å². The van der Waals surface area contributed by atoms with Crippen LogP contribution in [0.3, 0.4) is 0 Å². The van der Waals surface area contributed by atoms with Gasteiger partial charge in [0.25, 0.3) is 0 Å². The van der Waals surface area contributed by atoms with E-state index in [-0.39, 0.29) is 5.97 Å². The molecular weight excluding hydrogens is 342 g/mol. The molecule has 0 amide bonds. The fraction of sp³-hybridized carbons (Fsp3) is 0.227. The van der Waals surface area contributed by atoms with Crippen molar-refractivity contribution in [1.29, 1.82) is 0 Å². The molecule has 0 aliphatic carbocycles. The summed E-state index contributed by atoms with van der Waals surface area (Å²) in [5.41, 5.74) is 1.30. The molecule has 2 aromatic carbocycles. The van der Waals surface area contributed by atoms with Crippen molar-refractivity contribution < 1.29 is 19.1 Å². The molecule has 0 aromatic heterocycles. The van der Waals surface area contributed by atoms with E-state index in [1.165, 1.54) is 0 Å². The Morgan fingerprint density at radius 3 is 1.59 bits per heavy atom. The summed E-state index contributed by atoms with van der Waals surface area (Å²) < 4.78 is 4.83. The lowest BCUT2D eigenvalue weighted by Gasteiger charge is -2.09. The van der Waals surface area contributed by atoms with E-state index in [1.807, 2.05) is 31.1 Å². The first kappa shape index (κ1) is 22.0. The van der Waals surface area contributed by atoms with E-state index in [0.717, 1.165) is 6.54 Å². The first-order valence-electron chi connectivity index (χ1n) is 8.49. The number of hydrogen-bond donors (Lipinski definition) is 0. The van der Waals surface area contributed by atoms with Gasteiger partial charge >= 0.3 is 5.97 Å². The molecule has 2 rings (SSSR count). The Kier molecular flexibility index (Phi) is 9.40. The standard InChI is InChI=1S/C14H10O2.C8H15NO2/c15-13(11-7-3-1-4-8-11)14(16)12-9-5-2-6-10-12;1-7(2)8(10)11-6-5-9(3)4/h1-10H;1,5-6H2,2-4H3. The highest BCUT2D eigenvalue weighted by molar-refractivity contribution is 6.49. The molecule has 0 saturated carbocycles. The molecule has 0 heterocycles. The van der Waals surface area contributed by atoms with Crippen LogP contribution in [0, 0.1) is 0 Å². The topological polar surface area (TPSA) is 63.7 Å². The van der Waals surface area contributed by atoms with Gasteiger partial charge in [0.1, 0.15) is 6.61 Å². The van der Waals surface area contributed by atoms with Gasteiger partial charge in [0.15, 0.2) is 0 Å². The molecule has 0 aliphatic rings. The zero-order chi connectivity index (χ0) is 20.2. The van der Waals surface area contributed by atoms with Gasteiger partial charge in [0, 0.05) is 23.2 Å². The quantitative estimate of drug-likeness (QED) is 0.325. The van der Waals surface area contributed by atoms with Crippen molar-refractivity contribution in [2.45, 2.75) is 6.92 Å². The number of hydrogen-bond acceptors (Lipinski definition) is 5. The molecule has 5 nitrogen and oxygen atoms in total. The van der Waals surface area contributed by atoms with Crippen LogP contribution >= 0.6 is 0 Å². The minimum absolute atomic E-state index is 0.313. The highest BCUT2D eigenvalue weighted by Crippen LogP contribution is 2.07. The van der Waals surface area contributed by atoms with E-state index in [4.69, 9.17) is 4.74 Å². The van der Waals surface area contributed by atoms with Gasteiger partial charge in [-0.05, 0) is 21.0 Å². The average molecular weight is 367 g/mol. The minimum atomic E-state index is -0.466. The van der Waals surface area contributed by atoms with E-state index >= 15 is 0 Å². The number of carbonyl (C=O) groups excluding carboxylic acids is 3. The summed E-state index contributed by atoms with van der Waals surface area (Å²) in [5.74, 6) is -1.24. The van der Waals surface area contributed by atoms with Crippen molar-refractivity contribution in [2.75, 3.05) is 27.2 Å². The Labute approximate surface area is 160 Å². The molecular formula is C22H25NO4. The maximum atomic E-state index is 11.8. The number of nitrogens with zero attached hydrogens (tertiary/aromatic N) is 1. The van der Waals surface area contributed by atoms with Gasteiger partial charge < -0.3 is 9.64 Å². The summed E-state index contributed by atoms with van der Waals surface area (Å²) >= 11 is 0. The van der Waals surface area contributed by atoms with Crippen LogP contribution in [-0.2, 0) is 9.53 Å². The van der Waals surface area contributed by atoms with Crippen molar-refractivity contribution in [3.63, 3.8) is 0 Å². The normalized spacial score (nSPS) is 9.78. The second kappa shape index (κ2) is 11.5. The van der Waals surface area contributed by atoms with Gasteiger partial charge in [-0.1, -0.05) is 67.2 Å². The number of esters is 1. The Morgan fingerprint density at radius 1 is 0.852 bits per heavy atom. The Hall–Kier alpha value is -3.05. The molecule has 2 aromatic rings. The van der Waals surface area contributed by atoms with Gasteiger partial charge in [0.05, 0.1) is 0 Å². The lowest BCUT2D eigenvalue weighted by atomic mass is 10.0. The summed E-state index contributed by atoms with van der Waals surface area (Å²) in [4.78, 5) is 36.3. The molecule has 0 aliphatic heterocycles. The van der Waals surface area contributed by atoms with Crippen LogP contribution in [-0.4, -0.2) is 49.7 Å². The number of Topliss-reactive ketones (excluding diaryl/α,β-unsaturated/α-hetero) is 2. The molecule has 0 fully saturated rings. The lowest BCUT2D eigenvalue weighted by molar-refractivity contribution is -0.139. The zero-order valence-corrected chi connectivity index (χ0v) is 16.0. The van der Waals surface area contributed by atoms with Gasteiger partial charge in [-0.2, -0.15) is 0 Å². The van der Waals surface area contributed by atoms with Crippen LogP contribution < -0.4 is 0 Å². The number of likely N-dealkylation sites (N-methyl/N-ethyl adjacent to an activating group) is 1. The predicted octanol–water partition coefficient (Wildman–Crippen LogP) is 3.42. The van der Waals surface area contributed by atoms with Crippen LogP contribution in [0.25, 0.3) is 0 Å². The summed E-state index contributed by atoms with van der Waals surface area (Å²) in [6, 6.07) is 17.2. The predicted molar refractivity (Wildman–Crippen MR) is 106 cm³/mol. The van der Waals surface area contributed by atoms with Crippen molar-refractivity contribution >= 4 is 17.5 Å². The maximum Gasteiger partial charge on any atom is 0.333 e. The molecule has 0 atom stereocenters. The molecule has 0 saturated heterocycles. The first-order valence-corrected chi connectivity index (χ1v) is 8.49. The van der Waals surface area contributed by atoms with E-state index in [2.05, 4.69) is 6.58 Å². The second-order valence-electron chi connectivity index (χ2n) is 6.11. The van der Waals surface area contributed by atoms with E-state index in [0.29, 0.717) is 23.3 Å². The zero-order valence-electron chi connectivity index (χ0n) is 16.0. The van der Waals surface area contributed by atoms with Gasteiger partial charge in [0.2, 0.25) is 11.6 Å². The van der Waals surface area contributed by atoms with Gasteiger partial charge in [-0.25, -0.2) is 4.79 Å². The molecule has 0 bridgehead atoms. The minimum Gasteiger partial charge on any atom is -0.461 e. The summed E-state index contributed by atoms with van der Waals surface area (Å²) in [5, 5.41) is 0. The third-order valence-electron chi connectivity index (χ3n) is 3.40. The van der Waals surface area contributed by atoms with E-state index in [9.17, 15) is 14.4 Å². The number of benzene rings is 2. The highest BCUT2D eigenvalue weighted by atomic mass is 16.5. The smallest absolute Gasteiger partial charge is 0.333 e. The SMILES string of the molecule is C=C(C)C(=O)OCCN(C)C.O=C(C(=O)c1ccccc1)c1ccccc1. The molecule has 5 heteroatoms. The number of ketones is 2. The largest absolute Gasteiger partial charge is 0.461 e. The monoisotopic (exact) mass is 367 g/mol. The third-order valence-corrected chi connectivity index (χ3v) is 3.40. The molecule has 0 radical (unpaired) electrons. The van der Waals surface area contributed by atoms with Crippen LogP contribution in [0.2, 0.25) is 0 Å². The molecule has 27 heavy (non-hydrogen) atoms. The Balaban J connectivity index is 0.000000293. The summed E-state index contributed by atoms with van der Waals surface area (Å²) in [6.45, 7) is 6.28. The molecule has 0 unspecified atom stereocenters.